The largest absolute Gasteiger partial charge is 0.359 e. The maximum absolute atomic E-state index is 11.9. The quantitative estimate of drug-likeness (QED) is 0.907. The summed E-state index contributed by atoms with van der Waals surface area (Å²) in [7, 11) is 0. The molecule has 0 spiro atoms. The topological polar surface area (TPSA) is 67.2 Å². The Morgan fingerprint density at radius 2 is 2.29 bits per heavy atom. The van der Waals surface area contributed by atoms with Gasteiger partial charge in [-0.3, -0.25) is 4.79 Å². The van der Waals surface area contributed by atoms with Crippen molar-refractivity contribution in [2.45, 2.75) is 25.3 Å². The van der Waals surface area contributed by atoms with E-state index in [2.05, 4.69) is 15.8 Å². The highest BCUT2D eigenvalue weighted by Crippen LogP contribution is 2.25. The zero-order valence-corrected chi connectivity index (χ0v) is 13.0. The fourth-order valence-corrected chi connectivity index (χ4v) is 3.37. The summed E-state index contributed by atoms with van der Waals surface area (Å²) in [6.45, 7) is 2.37. The Labute approximate surface area is 131 Å². The highest BCUT2D eigenvalue weighted by molar-refractivity contribution is 7.17. The number of nitrogens with one attached hydrogen (secondary N) is 2. The lowest BCUT2D eigenvalue weighted by Crippen LogP contribution is -2.26. The normalized spacial score (nSPS) is 16.0. The molecule has 1 saturated heterocycles. The van der Waals surface area contributed by atoms with Crippen LogP contribution in [0.2, 0.25) is 4.34 Å². The van der Waals surface area contributed by atoms with Gasteiger partial charge >= 0.3 is 0 Å². The fraction of sp³-hybridized carbons (Fsp3) is 0.429. The van der Waals surface area contributed by atoms with Gasteiger partial charge in [0.2, 0.25) is 0 Å². The second kappa shape index (κ2) is 6.60. The fourth-order valence-electron chi connectivity index (χ4n) is 2.41. The van der Waals surface area contributed by atoms with Gasteiger partial charge in [-0.1, -0.05) is 16.8 Å². The highest BCUT2D eigenvalue weighted by atomic mass is 35.5. The minimum absolute atomic E-state index is 0.147. The first-order valence-corrected chi connectivity index (χ1v) is 8.11. The Morgan fingerprint density at radius 3 is 3.00 bits per heavy atom. The van der Waals surface area contributed by atoms with Crippen LogP contribution in [0, 0.1) is 0 Å². The van der Waals surface area contributed by atoms with E-state index in [1.807, 2.05) is 6.07 Å². The molecule has 21 heavy (non-hydrogen) atoms. The average molecular weight is 326 g/mol. The van der Waals surface area contributed by atoms with Crippen LogP contribution < -0.4 is 10.6 Å². The van der Waals surface area contributed by atoms with Gasteiger partial charge in [0.1, 0.15) is 0 Å². The number of halogens is 1. The number of rotatable bonds is 4. The van der Waals surface area contributed by atoms with Crippen molar-refractivity contribution in [3.05, 3.63) is 38.9 Å². The first kappa shape index (κ1) is 14.6. The molecule has 2 N–H and O–H groups in total. The molecule has 7 heteroatoms. The summed E-state index contributed by atoms with van der Waals surface area (Å²) in [6.07, 6.45) is 2.15. The van der Waals surface area contributed by atoms with Crippen molar-refractivity contribution in [2.24, 2.45) is 0 Å². The van der Waals surface area contributed by atoms with Gasteiger partial charge in [0.25, 0.3) is 5.91 Å². The van der Waals surface area contributed by atoms with Crippen LogP contribution in [-0.4, -0.2) is 24.2 Å². The zero-order valence-electron chi connectivity index (χ0n) is 11.4. The second-order valence-corrected chi connectivity index (χ2v) is 6.74. The molecule has 0 radical (unpaired) electrons. The minimum atomic E-state index is -0.147. The molecule has 0 aliphatic carbocycles. The second-order valence-electron chi connectivity index (χ2n) is 5.03. The van der Waals surface area contributed by atoms with Gasteiger partial charge in [-0.05, 0) is 38.1 Å². The molecular formula is C14H16ClN3O2S. The van der Waals surface area contributed by atoms with Crippen LogP contribution in [0.3, 0.4) is 0 Å². The molecule has 1 fully saturated rings. The van der Waals surface area contributed by atoms with Crippen molar-refractivity contribution in [2.75, 3.05) is 13.1 Å². The Balaban J connectivity index is 1.56. The molecule has 0 atom stereocenters. The number of piperidine rings is 1. The third kappa shape index (κ3) is 3.64. The van der Waals surface area contributed by atoms with Crippen molar-refractivity contribution in [1.29, 1.82) is 0 Å². The molecule has 3 rings (SSSR count). The van der Waals surface area contributed by atoms with Gasteiger partial charge in [0, 0.05) is 12.0 Å². The summed E-state index contributed by atoms with van der Waals surface area (Å²) in [5.74, 6) is 0.988. The number of thiophene rings is 1. The van der Waals surface area contributed by atoms with Gasteiger partial charge in [0.15, 0.2) is 5.76 Å². The Hall–Kier alpha value is -1.37. The Kier molecular flexibility index (Phi) is 4.57. The highest BCUT2D eigenvalue weighted by Gasteiger charge is 2.19. The van der Waals surface area contributed by atoms with Crippen LogP contribution in [0.1, 0.15) is 39.9 Å². The first-order valence-electron chi connectivity index (χ1n) is 6.92. The van der Waals surface area contributed by atoms with Crippen molar-refractivity contribution >= 4 is 28.8 Å². The van der Waals surface area contributed by atoms with E-state index in [4.69, 9.17) is 16.1 Å². The van der Waals surface area contributed by atoms with Crippen LogP contribution in [-0.2, 0) is 6.54 Å². The van der Waals surface area contributed by atoms with Crippen LogP contribution in [0.25, 0.3) is 0 Å². The van der Waals surface area contributed by atoms with E-state index < -0.39 is 0 Å². The molecule has 1 aliphatic heterocycles. The van der Waals surface area contributed by atoms with E-state index in [0.29, 0.717) is 27.4 Å². The Bertz CT molecular complexity index is 619. The van der Waals surface area contributed by atoms with Gasteiger partial charge < -0.3 is 15.2 Å². The number of carbonyl (C=O) groups excluding carboxylic acids is 1. The van der Waals surface area contributed by atoms with E-state index in [-0.39, 0.29) is 5.91 Å². The summed E-state index contributed by atoms with van der Waals surface area (Å²) in [5.41, 5.74) is 0.986. The molecule has 3 heterocycles. The number of carbonyl (C=O) groups is 1. The standard InChI is InChI=1S/C14H16ClN3O2S/c15-13-2-1-12(21-13)14(19)17-8-10-7-11(18-20-10)9-3-5-16-6-4-9/h1-2,7,9,16H,3-6,8H2,(H,17,19). The van der Waals surface area contributed by atoms with Crippen LogP contribution in [0.5, 0.6) is 0 Å². The van der Waals surface area contributed by atoms with Crippen LogP contribution in [0.15, 0.2) is 22.7 Å². The molecule has 5 nitrogen and oxygen atoms in total. The number of amides is 1. The SMILES string of the molecule is O=C(NCc1cc(C2CCNCC2)no1)c1ccc(Cl)s1. The summed E-state index contributed by atoms with van der Waals surface area (Å²) in [5, 5.41) is 10.3. The maximum atomic E-state index is 11.9. The van der Waals surface area contributed by atoms with Gasteiger partial charge in [-0.2, -0.15) is 0 Å². The monoisotopic (exact) mass is 325 g/mol. The molecule has 0 bridgehead atoms. The summed E-state index contributed by atoms with van der Waals surface area (Å²) >= 11 is 7.07. The lowest BCUT2D eigenvalue weighted by molar-refractivity contribution is 0.0951. The van der Waals surface area contributed by atoms with Gasteiger partial charge in [-0.25, -0.2) is 0 Å². The van der Waals surface area contributed by atoms with Crippen molar-refractivity contribution in [3.63, 3.8) is 0 Å². The van der Waals surface area contributed by atoms with E-state index >= 15 is 0 Å². The maximum Gasteiger partial charge on any atom is 0.261 e. The first-order chi connectivity index (χ1) is 10.2. The van der Waals surface area contributed by atoms with Crippen molar-refractivity contribution < 1.29 is 9.32 Å². The molecule has 1 aliphatic rings. The van der Waals surface area contributed by atoms with E-state index in [1.54, 1.807) is 12.1 Å². The predicted molar refractivity (Wildman–Crippen MR) is 81.8 cm³/mol. The molecular weight excluding hydrogens is 310 g/mol. The lowest BCUT2D eigenvalue weighted by atomic mass is 9.95. The van der Waals surface area contributed by atoms with Crippen molar-refractivity contribution in [3.8, 4) is 0 Å². The smallest absolute Gasteiger partial charge is 0.261 e. The number of hydrogen-bond donors (Lipinski definition) is 2. The van der Waals surface area contributed by atoms with Crippen LogP contribution >= 0.6 is 22.9 Å². The summed E-state index contributed by atoms with van der Waals surface area (Å²) in [6, 6.07) is 5.37. The number of aromatic nitrogens is 1. The summed E-state index contributed by atoms with van der Waals surface area (Å²) in [4.78, 5) is 12.5. The third-order valence-corrected chi connectivity index (χ3v) is 4.78. The molecule has 1 amide bonds. The van der Waals surface area contributed by atoms with E-state index in [9.17, 15) is 4.79 Å². The van der Waals surface area contributed by atoms with E-state index in [1.165, 1.54) is 11.3 Å². The molecule has 0 saturated carbocycles. The van der Waals surface area contributed by atoms with Gasteiger partial charge in [-0.15, -0.1) is 11.3 Å². The lowest BCUT2D eigenvalue weighted by Gasteiger charge is -2.19. The number of nitrogens with zero attached hydrogens (tertiary/aromatic N) is 1. The number of hydrogen-bond acceptors (Lipinski definition) is 5. The molecule has 112 valence electrons. The molecule has 0 aromatic carbocycles. The molecule has 2 aromatic rings. The molecule has 0 unspecified atom stereocenters. The van der Waals surface area contributed by atoms with E-state index in [0.717, 1.165) is 31.6 Å². The van der Waals surface area contributed by atoms with Gasteiger partial charge in [0.05, 0.1) is 21.5 Å². The van der Waals surface area contributed by atoms with Crippen molar-refractivity contribution in [1.82, 2.24) is 15.8 Å². The summed E-state index contributed by atoms with van der Waals surface area (Å²) < 4.78 is 5.91. The van der Waals surface area contributed by atoms with Crippen LogP contribution in [0.4, 0.5) is 0 Å². The minimum Gasteiger partial charge on any atom is -0.359 e. The molecule has 2 aromatic heterocycles. The average Bonchev–Trinajstić information content (AvgIpc) is 3.15. The Morgan fingerprint density at radius 1 is 1.48 bits per heavy atom. The zero-order chi connectivity index (χ0) is 14.7. The third-order valence-electron chi connectivity index (χ3n) is 3.55. The predicted octanol–water partition coefficient (Wildman–Crippen LogP) is 2.79.